The van der Waals surface area contributed by atoms with E-state index >= 15 is 0 Å². The lowest BCUT2D eigenvalue weighted by Gasteiger charge is -2.29. The van der Waals surface area contributed by atoms with Crippen LogP contribution >= 0.6 is 0 Å². The fourth-order valence-electron chi connectivity index (χ4n) is 2.95. The Morgan fingerprint density at radius 2 is 2.05 bits per heavy atom. The molecule has 3 heteroatoms. The summed E-state index contributed by atoms with van der Waals surface area (Å²) in [6.07, 6.45) is 0.994. The molecule has 0 spiro atoms. The van der Waals surface area contributed by atoms with Crippen molar-refractivity contribution in [1.29, 1.82) is 0 Å². The van der Waals surface area contributed by atoms with Crippen molar-refractivity contribution in [1.82, 2.24) is 4.90 Å². The first-order chi connectivity index (χ1) is 9.22. The van der Waals surface area contributed by atoms with Crippen LogP contribution in [0.4, 0.5) is 0 Å². The number of fused-ring (bicyclic) bond motifs is 1. The smallest absolute Gasteiger partial charge is 0.127 e. The van der Waals surface area contributed by atoms with E-state index in [1.807, 2.05) is 0 Å². The SMILES string of the molecule is CN(Cc1cccc2c1OC(C)(C)C2)CC(C)(C)CN. The average molecular weight is 276 g/mol. The topological polar surface area (TPSA) is 38.5 Å². The van der Waals surface area contributed by atoms with Crippen molar-refractivity contribution in [3.05, 3.63) is 29.3 Å². The molecule has 0 amide bonds. The zero-order valence-electron chi connectivity index (χ0n) is 13.5. The summed E-state index contributed by atoms with van der Waals surface area (Å²) in [5, 5.41) is 0. The zero-order valence-corrected chi connectivity index (χ0v) is 13.5. The van der Waals surface area contributed by atoms with Crippen LogP contribution in [0.3, 0.4) is 0 Å². The van der Waals surface area contributed by atoms with Crippen LogP contribution in [0.2, 0.25) is 0 Å². The molecule has 0 atom stereocenters. The number of hydrogen-bond donors (Lipinski definition) is 1. The molecule has 0 saturated carbocycles. The minimum atomic E-state index is -0.0759. The van der Waals surface area contributed by atoms with Crippen LogP contribution in [0, 0.1) is 5.41 Å². The van der Waals surface area contributed by atoms with Gasteiger partial charge in [0, 0.05) is 25.1 Å². The Hall–Kier alpha value is -1.06. The molecule has 1 aliphatic rings. The van der Waals surface area contributed by atoms with Gasteiger partial charge < -0.3 is 15.4 Å². The van der Waals surface area contributed by atoms with E-state index in [0.717, 1.165) is 25.3 Å². The summed E-state index contributed by atoms with van der Waals surface area (Å²) in [6, 6.07) is 6.49. The molecule has 20 heavy (non-hydrogen) atoms. The molecular formula is C17H28N2O. The Kier molecular flexibility index (Phi) is 4.12. The van der Waals surface area contributed by atoms with E-state index in [1.54, 1.807) is 0 Å². The van der Waals surface area contributed by atoms with Gasteiger partial charge in [-0.25, -0.2) is 0 Å². The Labute approximate surface area is 123 Å². The molecular weight excluding hydrogens is 248 g/mol. The Morgan fingerprint density at radius 1 is 1.35 bits per heavy atom. The third-order valence-corrected chi connectivity index (χ3v) is 3.86. The molecule has 1 aromatic carbocycles. The zero-order chi connectivity index (χ0) is 15.0. The molecule has 2 N–H and O–H groups in total. The van der Waals surface area contributed by atoms with Crippen molar-refractivity contribution < 1.29 is 4.74 Å². The van der Waals surface area contributed by atoms with Crippen molar-refractivity contribution in [2.45, 2.75) is 46.3 Å². The van der Waals surface area contributed by atoms with Gasteiger partial charge in [0.25, 0.3) is 0 Å². The fraction of sp³-hybridized carbons (Fsp3) is 0.647. The summed E-state index contributed by atoms with van der Waals surface area (Å²) < 4.78 is 6.13. The van der Waals surface area contributed by atoms with Gasteiger partial charge in [0.05, 0.1) is 0 Å². The first-order valence-corrected chi connectivity index (χ1v) is 7.41. The lowest BCUT2D eigenvalue weighted by atomic mass is 9.93. The molecule has 1 aromatic rings. The average Bonchev–Trinajstić information content (AvgIpc) is 2.63. The van der Waals surface area contributed by atoms with Crippen molar-refractivity contribution in [3.8, 4) is 5.75 Å². The van der Waals surface area contributed by atoms with Gasteiger partial charge in [0.2, 0.25) is 0 Å². The maximum atomic E-state index is 6.13. The van der Waals surface area contributed by atoms with Gasteiger partial charge in [-0.2, -0.15) is 0 Å². The Bertz CT molecular complexity index is 480. The molecule has 0 bridgehead atoms. The van der Waals surface area contributed by atoms with Gasteiger partial charge in [0.15, 0.2) is 0 Å². The molecule has 3 nitrogen and oxygen atoms in total. The van der Waals surface area contributed by atoms with E-state index in [2.05, 4.69) is 57.8 Å². The second-order valence-corrected chi connectivity index (χ2v) is 7.48. The summed E-state index contributed by atoms with van der Waals surface area (Å²) >= 11 is 0. The summed E-state index contributed by atoms with van der Waals surface area (Å²) in [6.45, 7) is 11.3. The molecule has 0 unspecified atom stereocenters. The summed E-state index contributed by atoms with van der Waals surface area (Å²) in [5.41, 5.74) is 8.51. The largest absolute Gasteiger partial charge is 0.487 e. The minimum Gasteiger partial charge on any atom is -0.487 e. The number of ether oxygens (including phenoxy) is 1. The third kappa shape index (κ3) is 3.53. The van der Waals surface area contributed by atoms with Gasteiger partial charge in [-0.1, -0.05) is 32.0 Å². The lowest BCUT2D eigenvalue weighted by molar-refractivity contribution is 0.134. The summed E-state index contributed by atoms with van der Waals surface area (Å²) in [4.78, 5) is 2.33. The Balaban J connectivity index is 2.11. The van der Waals surface area contributed by atoms with Crippen LogP contribution in [-0.2, 0) is 13.0 Å². The van der Waals surface area contributed by atoms with E-state index in [1.165, 1.54) is 11.1 Å². The lowest BCUT2D eigenvalue weighted by Crippen LogP contribution is -2.36. The van der Waals surface area contributed by atoms with E-state index in [-0.39, 0.29) is 11.0 Å². The maximum Gasteiger partial charge on any atom is 0.127 e. The van der Waals surface area contributed by atoms with E-state index in [4.69, 9.17) is 10.5 Å². The van der Waals surface area contributed by atoms with Gasteiger partial charge in [-0.15, -0.1) is 0 Å². The van der Waals surface area contributed by atoms with Crippen molar-refractivity contribution in [2.24, 2.45) is 11.1 Å². The van der Waals surface area contributed by atoms with Crippen molar-refractivity contribution in [3.63, 3.8) is 0 Å². The second kappa shape index (κ2) is 5.38. The van der Waals surface area contributed by atoms with Crippen molar-refractivity contribution >= 4 is 0 Å². The maximum absolute atomic E-state index is 6.13. The van der Waals surface area contributed by atoms with E-state index < -0.39 is 0 Å². The molecule has 1 aliphatic heterocycles. The Morgan fingerprint density at radius 3 is 2.70 bits per heavy atom. The number of hydrogen-bond acceptors (Lipinski definition) is 3. The number of nitrogens with zero attached hydrogens (tertiary/aromatic N) is 1. The molecule has 0 aliphatic carbocycles. The molecule has 1 heterocycles. The van der Waals surface area contributed by atoms with Crippen LogP contribution in [0.25, 0.3) is 0 Å². The van der Waals surface area contributed by atoms with Crippen LogP contribution in [0.5, 0.6) is 5.75 Å². The van der Waals surface area contributed by atoms with E-state index in [0.29, 0.717) is 6.54 Å². The molecule has 112 valence electrons. The summed E-state index contributed by atoms with van der Waals surface area (Å²) in [7, 11) is 2.15. The minimum absolute atomic E-state index is 0.0759. The number of benzene rings is 1. The van der Waals surface area contributed by atoms with Crippen molar-refractivity contribution in [2.75, 3.05) is 20.1 Å². The van der Waals surface area contributed by atoms with E-state index in [9.17, 15) is 0 Å². The first kappa shape index (κ1) is 15.3. The predicted molar refractivity (Wildman–Crippen MR) is 84.0 cm³/mol. The van der Waals surface area contributed by atoms with Crippen LogP contribution in [-0.4, -0.2) is 30.6 Å². The van der Waals surface area contributed by atoms with Crippen LogP contribution < -0.4 is 10.5 Å². The quantitative estimate of drug-likeness (QED) is 0.898. The number of para-hydroxylation sites is 1. The van der Waals surface area contributed by atoms with Gasteiger partial charge in [-0.05, 0) is 38.4 Å². The van der Waals surface area contributed by atoms with Crippen LogP contribution in [0.15, 0.2) is 18.2 Å². The second-order valence-electron chi connectivity index (χ2n) is 7.48. The first-order valence-electron chi connectivity index (χ1n) is 7.41. The third-order valence-electron chi connectivity index (χ3n) is 3.86. The molecule has 2 rings (SSSR count). The highest BCUT2D eigenvalue weighted by Gasteiger charge is 2.31. The normalized spacial score (nSPS) is 17.1. The highest BCUT2D eigenvalue weighted by molar-refractivity contribution is 5.45. The monoisotopic (exact) mass is 276 g/mol. The van der Waals surface area contributed by atoms with Gasteiger partial charge >= 0.3 is 0 Å². The molecule has 0 saturated heterocycles. The van der Waals surface area contributed by atoms with Gasteiger partial charge in [-0.3, -0.25) is 0 Å². The molecule has 0 radical (unpaired) electrons. The van der Waals surface area contributed by atoms with Gasteiger partial charge in [0.1, 0.15) is 11.4 Å². The highest BCUT2D eigenvalue weighted by atomic mass is 16.5. The molecule has 0 aromatic heterocycles. The number of rotatable bonds is 5. The fourth-order valence-corrected chi connectivity index (χ4v) is 2.95. The standard InChI is InChI=1S/C17H28N2O/c1-16(2,11-18)12-19(5)10-14-8-6-7-13-9-17(3,4)20-15(13)14/h6-8H,9-12,18H2,1-5H3. The number of nitrogens with two attached hydrogens (primary N) is 1. The van der Waals surface area contributed by atoms with Crippen LogP contribution in [0.1, 0.15) is 38.8 Å². The summed E-state index contributed by atoms with van der Waals surface area (Å²) in [5.74, 6) is 1.09. The molecule has 0 fully saturated rings. The highest BCUT2D eigenvalue weighted by Crippen LogP contribution is 2.38. The predicted octanol–water partition coefficient (Wildman–Crippen LogP) is 2.82.